The Morgan fingerprint density at radius 3 is 2.11 bits per heavy atom. The molecule has 4 unspecified atom stereocenters. The van der Waals surface area contributed by atoms with Gasteiger partial charge in [-0.3, -0.25) is 9.59 Å². The Morgan fingerprint density at radius 1 is 0.974 bits per heavy atom. The highest BCUT2D eigenvalue weighted by Gasteiger charge is 2.39. The maximum absolute atomic E-state index is 14.1. The first-order chi connectivity index (χ1) is 17.6. The van der Waals surface area contributed by atoms with E-state index < -0.39 is 36.3 Å². The predicted molar refractivity (Wildman–Crippen MR) is 152 cm³/mol. The van der Waals surface area contributed by atoms with Crippen LogP contribution in [0.25, 0.3) is 0 Å². The number of aryl methyl sites for hydroxylation is 2. The molecule has 0 bridgehead atoms. The molecule has 0 aliphatic rings. The molecule has 1 aromatic rings. The number of hydrogen-bond donors (Lipinski definition) is 3. The van der Waals surface area contributed by atoms with Crippen molar-refractivity contribution in [3.63, 3.8) is 0 Å². The lowest BCUT2D eigenvalue weighted by Gasteiger charge is -2.39. The van der Waals surface area contributed by atoms with Crippen LogP contribution in [0.5, 0.6) is 0 Å². The zero-order valence-corrected chi connectivity index (χ0v) is 25.2. The third kappa shape index (κ3) is 10.6. The number of rotatable bonds is 13. The zero-order valence-electron chi connectivity index (χ0n) is 25.2. The van der Waals surface area contributed by atoms with Gasteiger partial charge in [-0.25, -0.2) is 4.79 Å². The van der Waals surface area contributed by atoms with Crippen molar-refractivity contribution in [1.82, 2.24) is 15.5 Å². The smallest absolute Gasteiger partial charge is 0.408 e. The van der Waals surface area contributed by atoms with Crippen molar-refractivity contribution in [2.24, 2.45) is 5.92 Å². The summed E-state index contributed by atoms with van der Waals surface area (Å²) in [5.41, 5.74) is 2.01. The second kappa shape index (κ2) is 15.1. The molecule has 8 heteroatoms. The van der Waals surface area contributed by atoms with E-state index in [4.69, 9.17) is 4.74 Å². The highest BCUT2D eigenvalue weighted by molar-refractivity contribution is 5.92. The first kappa shape index (κ1) is 33.4. The lowest BCUT2D eigenvalue weighted by atomic mass is 9.95. The third-order valence-electron chi connectivity index (χ3n) is 6.55. The van der Waals surface area contributed by atoms with Crippen LogP contribution in [0, 0.1) is 19.8 Å². The molecule has 1 aromatic carbocycles. The molecular weight excluding hydrogens is 482 g/mol. The van der Waals surface area contributed by atoms with E-state index >= 15 is 0 Å². The number of amides is 3. The van der Waals surface area contributed by atoms with E-state index in [0.717, 1.165) is 30.4 Å². The molecule has 0 aromatic heterocycles. The Labute approximate surface area is 229 Å². The largest absolute Gasteiger partial charge is 0.444 e. The number of aliphatic hydroxyl groups excluding tert-OH is 1. The molecule has 0 fully saturated rings. The average Bonchev–Trinajstić information content (AvgIpc) is 2.79. The van der Waals surface area contributed by atoms with Crippen molar-refractivity contribution in [3.8, 4) is 0 Å². The summed E-state index contributed by atoms with van der Waals surface area (Å²) in [6, 6.07) is 3.16. The Morgan fingerprint density at radius 2 is 1.61 bits per heavy atom. The minimum Gasteiger partial charge on any atom is -0.444 e. The summed E-state index contributed by atoms with van der Waals surface area (Å²) in [6.45, 7) is 18.7. The normalized spacial score (nSPS) is 14.8. The van der Waals surface area contributed by atoms with E-state index in [1.54, 1.807) is 25.7 Å². The van der Waals surface area contributed by atoms with Crippen LogP contribution < -0.4 is 10.6 Å². The van der Waals surface area contributed by atoms with Crippen LogP contribution in [0.15, 0.2) is 18.2 Å². The molecule has 0 spiro atoms. The molecular formula is C30H51N3O5. The predicted octanol–water partition coefficient (Wildman–Crippen LogP) is 5.19. The van der Waals surface area contributed by atoms with E-state index in [2.05, 4.69) is 31.4 Å². The Bertz CT molecular complexity index is 925. The monoisotopic (exact) mass is 533 g/mol. The van der Waals surface area contributed by atoms with Gasteiger partial charge >= 0.3 is 6.09 Å². The lowest BCUT2D eigenvalue weighted by molar-refractivity contribution is -0.146. The fraction of sp³-hybridized carbons (Fsp3) is 0.700. The van der Waals surface area contributed by atoms with Gasteiger partial charge in [0.1, 0.15) is 17.7 Å². The van der Waals surface area contributed by atoms with Crippen molar-refractivity contribution < 1.29 is 24.2 Å². The Hall–Kier alpha value is -2.61. The molecule has 3 amide bonds. The number of nitrogens with one attached hydrogen (secondary N) is 2. The van der Waals surface area contributed by atoms with Gasteiger partial charge in [0.25, 0.3) is 0 Å². The first-order valence-electron chi connectivity index (χ1n) is 13.9. The highest BCUT2D eigenvalue weighted by atomic mass is 16.6. The van der Waals surface area contributed by atoms with E-state index in [1.165, 1.54) is 0 Å². The second-order valence-electron chi connectivity index (χ2n) is 11.9. The number of benzene rings is 1. The van der Waals surface area contributed by atoms with E-state index in [1.807, 2.05) is 45.9 Å². The molecule has 216 valence electrons. The fourth-order valence-corrected chi connectivity index (χ4v) is 4.33. The van der Waals surface area contributed by atoms with Crippen molar-refractivity contribution in [1.29, 1.82) is 0 Å². The van der Waals surface area contributed by atoms with Gasteiger partial charge in [-0.2, -0.15) is 0 Å². The average molecular weight is 534 g/mol. The molecule has 1 rings (SSSR count). The van der Waals surface area contributed by atoms with Gasteiger partial charge in [0.15, 0.2) is 0 Å². The number of carbonyl (C=O) groups excluding carboxylic acids is 3. The molecule has 4 atom stereocenters. The number of hydrogen-bond acceptors (Lipinski definition) is 5. The summed E-state index contributed by atoms with van der Waals surface area (Å²) in [5, 5.41) is 15.8. The topological polar surface area (TPSA) is 108 Å². The van der Waals surface area contributed by atoms with Crippen LogP contribution in [0.3, 0.4) is 0 Å². The summed E-state index contributed by atoms with van der Waals surface area (Å²) >= 11 is 0. The highest BCUT2D eigenvalue weighted by Crippen LogP contribution is 2.29. The van der Waals surface area contributed by atoms with Crippen LogP contribution in [0.2, 0.25) is 0 Å². The van der Waals surface area contributed by atoms with Gasteiger partial charge in [-0.1, -0.05) is 45.4 Å². The minimum absolute atomic E-state index is 0.0713. The summed E-state index contributed by atoms with van der Waals surface area (Å²) in [6.07, 6.45) is 2.43. The van der Waals surface area contributed by atoms with Crippen molar-refractivity contribution in [3.05, 3.63) is 34.9 Å². The fourth-order valence-electron chi connectivity index (χ4n) is 4.33. The van der Waals surface area contributed by atoms with Crippen LogP contribution in [-0.2, 0) is 14.3 Å². The van der Waals surface area contributed by atoms with Gasteiger partial charge < -0.3 is 25.4 Å². The molecule has 3 N–H and O–H groups in total. The quantitative estimate of drug-likeness (QED) is 0.323. The molecule has 8 nitrogen and oxygen atoms in total. The molecule has 0 radical (unpaired) electrons. The summed E-state index contributed by atoms with van der Waals surface area (Å²) in [4.78, 5) is 42.0. The first-order valence-corrected chi connectivity index (χ1v) is 13.9. The van der Waals surface area contributed by atoms with E-state index in [9.17, 15) is 19.5 Å². The molecule has 0 saturated carbocycles. The third-order valence-corrected chi connectivity index (χ3v) is 6.55. The molecule has 0 aliphatic heterocycles. The SMILES string of the molecule is CCCC(C)NC(=O)C(c1ccc(C)c(C)c1)N(C(=O)C(CO)NC(=O)OC(C)(C)C)C(C)CCC(C)C. The Kier molecular flexibility index (Phi) is 13.3. The van der Waals surface area contributed by atoms with Crippen LogP contribution in [0.4, 0.5) is 4.79 Å². The van der Waals surface area contributed by atoms with Crippen LogP contribution >= 0.6 is 0 Å². The van der Waals surface area contributed by atoms with Gasteiger partial charge in [-0.15, -0.1) is 0 Å². The lowest BCUT2D eigenvalue weighted by Crippen LogP contribution is -2.57. The van der Waals surface area contributed by atoms with E-state index in [-0.39, 0.29) is 18.0 Å². The van der Waals surface area contributed by atoms with E-state index in [0.29, 0.717) is 17.9 Å². The standard InChI is InChI=1S/C30H51N3O5/c1-11-12-22(6)31-27(35)26(24-16-14-20(4)21(5)17-24)33(23(7)15-13-19(2)3)28(36)25(18-34)32-29(37)38-30(8,9)10/h14,16-17,19,22-23,25-26,34H,11-13,15,18H2,1-10H3,(H,31,35)(H,32,37). The summed E-state index contributed by atoms with van der Waals surface area (Å²) in [5.74, 6) is -0.412. The van der Waals surface area contributed by atoms with Gasteiger partial charge in [0.05, 0.1) is 6.61 Å². The summed E-state index contributed by atoms with van der Waals surface area (Å²) < 4.78 is 5.33. The number of nitrogens with zero attached hydrogens (tertiary/aromatic N) is 1. The van der Waals surface area contributed by atoms with Crippen LogP contribution in [-0.4, -0.2) is 58.2 Å². The number of aliphatic hydroxyl groups is 1. The van der Waals surface area contributed by atoms with Crippen molar-refractivity contribution in [2.75, 3.05) is 6.61 Å². The number of ether oxygens (including phenoxy) is 1. The zero-order chi connectivity index (χ0) is 29.2. The Balaban J connectivity index is 3.59. The number of carbonyl (C=O) groups is 3. The second-order valence-corrected chi connectivity index (χ2v) is 11.9. The van der Waals surface area contributed by atoms with Gasteiger partial charge in [-0.05, 0) is 90.3 Å². The molecule has 38 heavy (non-hydrogen) atoms. The van der Waals surface area contributed by atoms with Crippen molar-refractivity contribution in [2.45, 2.75) is 125 Å². The van der Waals surface area contributed by atoms with Crippen molar-refractivity contribution >= 4 is 17.9 Å². The maximum Gasteiger partial charge on any atom is 0.408 e. The van der Waals surface area contributed by atoms with Crippen LogP contribution in [0.1, 0.15) is 104 Å². The van der Waals surface area contributed by atoms with Gasteiger partial charge in [0, 0.05) is 12.1 Å². The number of alkyl carbamates (subject to hydrolysis) is 1. The summed E-state index contributed by atoms with van der Waals surface area (Å²) in [7, 11) is 0. The minimum atomic E-state index is -1.26. The van der Waals surface area contributed by atoms with Gasteiger partial charge in [0.2, 0.25) is 11.8 Å². The molecule has 0 heterocycles. The molecule has 0 saturated heterocycles. The maximum atomic E-state index is 14.1. The molecule has 0 aliphatic carbocycles.